The standard InChI is InChI=1S/C14H21BrN2O/c1-14(2,10-17-13(18)7-8-16-3)11-5-4-6-12(15)9-11/h4-6,9,16H,7-8,10H2,1-3H3,(H,17,18). The van der Waals surface area contributed by atoms with Crippen LogP contribution in [0.2, 0.25) is 0 Å². The zero-order valence-electron chi connectivity index (χ0n) is 11.2. The lowest BCUT2D eigenvalue weighted by molar-refractivity contribution is -0.121. The van der Waals surface area contributed by atoms with E-state index in [1.807, 2.05) is 19.2 Å². The molecule has 0 aliphatic carbocycles. The zero-order valence-corrected chi connectivity index (χ0v) is 12.8. The van der Waals surface area contributed by atoms with Gasteiger partial charge in [-0.1, -0.05) is 41.9 Å². The Morgan fingerprint density at radius 1 is 1.39 bits per heavy atom. The molecule has 100 valence electrons. The van der Waals surface area contributed by atoms with E-state index < -0.39 is 0 Å². The van der Waals surface area contributed by atoms with Crippen molar-refractivity contribution in [2.45, 2.75) is 25.7 Å². The third kappa shape index (κ3) is 4.78. The average Bonchev–Trinajstić information content (AvgIpc) is 2.34. The molecule has 0 aliphatic heterocycles. The first-order valence-electron chi connectivity index (χ1n) is 6.13. The smallest absolute Gasteiger partial charge is 0.221 e. The first kappa shape index (κ1) is 15.2. The second-order valence-corrected chi connectivity index (χ2v) is 5.94. The van der Waals surface area contributed by atoms with Crippen molar-refractivity contribution in [1.29, 1.82) is 0 Å². The Kier molecular flexibility index (Phi) is 5.82. The molecule has 18 heavy (non-hydrogen) atoms. The average molecular weight is 313 g/mol. The van der Waals surface area contributed by atoms with Gasteiger partial charge in [0.1, 0.15) is 0 Å². The van der Waals surface area contributed by atoms with Gasteiger partial charge in [0.25, 0.3) is 0 Å². The van der Waals surface area contributed by atoms with Crippen molar-refractivity contribution in [3.8, 4) is 0 Å². The molecule has 0 bridgehead atoms. The van der Waals surface area contributed by atoms with Gasteiger partial charge in [-0.15, -0.1) is 0 Å². The third-order valence-corrected chi connectivity index (χ3v) is 3.43. The van der Waals surface area contributed by atoms with E-state index in [4.69, 9.17) is 0 Å². The van der Waals surface area contributed by atoms with Gasteiger partial charge in [-0.05, 0) is 24.7 Å². The van der Waals surface area contributed by atoms with E-state index in [2.05, 4.69) is 52.5 Å². The largest absolute Gasteiger partial charge is 0.355 e. The van der Waals surface area contributed by atoms with Crippen LogP contribution in [0.3, 0.4) is 0 Å². The number of benzene rings is 1. The minimum absolute atomic E-state index is 0.0704. The predicted molar refractivity (Wildman–Crippen MR) is 78.7 cm³/mol. The molecule has 0 unspecified atom stereocenters. The highest BCUT2D eigenvalue weighted by Crippen LogP contribution is 2.24. The van der Waals surface area contributed by atoms with Gasteiger partial charge < -0.3 is 10.6 Å². The third-order valence-electron chi connectivity index (χ3n) is 2.94. The summed E-state index contributed by atoms with van der Waals surface area (Å²) in [6.45, 7) is 5.62. The Hall–Kier alpha value is -0.870. The highest BCUT2D eigenvalue weighted by Gasteiger charge is 2.21. The number of hydrogen-bond donors (Lipinski definition) is 2. The molecule has 0 atom stereocenters. The molecule has 4 heteroatoms. The van der Waals surface area contributed by atoms with Crippen LogP contribution in [0.5, 0.6) is 0 Å². The molecule has 3 nitrogen and oxygen atoms in total. The van der Waals surface area contributed by atoms with Crippen molar-refractivity contribution in [3.63, 3.8) is 0 Å². The van der Waals surface area contributed by atoms with Gasteiger partial charge in [-0.2, -0.15) is 0 Å². The number of amides is 1. The van der Waals surface area contributed by atoms with Crippen LogP contribution in [0.15, 0.2) is 28.7 Å². The fourth-order valence-corrected chi connectivity index (χ4v) is 2.06. The fraction of sp³-hybridized carbons (Fsp3) is 0.500. The van der Waals surface area contributed by atoms with Gasteiger partial charge in [0.15, 0.2) is 0 Å². The molecular weight excluding hydrogens is 292 g/mol. The lowest BCUT2D eigenvalue weighted by Crippen LogP contribution is -2.37. The first-order chi connectivity index (χ1) is 8.45. The van der Waals surface area contributed by atoms with Crippen molar-refractivity contribution in [1.82, 2.24) is 10.6 Å². The van der Waals surface area contributed by atoms with Gasteiger partial charge in [-0.25, -0.2) is 0 Å². The zero-order chi connectivity index (χ0) is 13.6. The summed E-state index contributed by atoms with van der Waals surface area (Å²) in [6.07, 6.45) is 0.519. The molecule has 2 N–H and O–H groups in total. The molecule has 0 saturated carbocycles. The first-order valence-corrected chi connectivity index (χ1v) is 6.92. The predicted octanol–water partition coefficient (Wildman–Crippen LogP) is 2.45. The summed E-state index contributed by atoms with van der Waals surface area (Å²) >= 11 is 3.47. The Morgan fingerprint density at radius 3 is 2.72 bits per heavy atom. The van der Waals surface area contributed by atoms with Gasteiger partial charge in [0, 0.05) is 29.4 Å². The van der Waals surface area contributed by atoms with Gasteiger partial charge in [-0.3, -0.25) is 4.79 Å². The molecule has 1 amide bonds. The number of carbonyl (C=O) groups is 1. The van der Waals surface area contributed by atoms with E-state index in [1.165, 1.54) is 5.56 Å². The van der Waals surface area contributed by atoms with Crippen molar-refractivity contribution < 1.29 is 4.79 Å². The lowest BCUT2D eigenvalue weighted by atomic mass is 9.84. The van der Waals surface area contributed by atoms with Gasteiger partial charge in [0.2, 0.25) is 5.91 Å². The molecule has 0 aromatic heterocycles. The van der Waals surface area contributed by atoms with Crippen molar-refractivity contribution >= 4 is 21.8 Å². The molecule has 1 aromatic rings. The van der Waals surface area contributed by atoms with Crippen LogP contribution in [-0.4, -0.2) is 26.0 Å². The lowest BCUT2D eigenvalue weighted by Gasteiger charge is -2.26. The van der Waals surface area contributed by atoms with Crippen LogP contribution in [0, 0.1) is 0 Å². The van der Waals surface area contributed by atoms with Crippen LogP contribution in [0.4, 0.5) is 0 Å². The van der Waals surface area contributed by atoms with Gasteiger partial charge in [0.05, 0.1) is 0 Å². The van der Waals surface area contributed by atoms with E-state index in [-0.39, 0.29) is 11.3 Å². The maximum atomic E-state index is 11.6. The van der Waals surface area contributed by atoms with E-state index >= 15 is 0 Å². The quantitative estimate of drug-likeness (QED) is 0.847. The summed E-state index contributed by atoms with van der Waals surface area (Å²) < 4.78 is 1.06. The Morgan fingerprint density at radius 2 is 2.11 bits per heavy atom. The minimum atomic E-state index is -0.0704. The summed E-state index contributed by atoms with van der Waals surface area (Å²) in [7, 11) is 1.85. The number of nitrogens with one attached hydrogen (secondary N) is 2. The van der Waals surface area contributed by atoms with Crippen LogP contribution in [0.25, 0.3) is 0 Å². The highest BCUT2D eigenvalue weighted by atomic mass is 79.9. The number of rotatable bonds is 6. The molecule has 1 rings (SSSR count). The van der Waals surface area contributed by atoms with E-state index in [0.717, 1.165) is 4.47 Å². The Bertz CT molecular complexity index is 405. The minimum Gasteiger partial charge on any atom is -0.355 e. The van der Waals surface area contributed by atoms with E-state index in [9.17, 15) is 4.79 Å². The normalized spacial score (nSPS) is 11.3. The summed E-state index contributed by atoms with van der Waals surface area (Å²) in [4.78, 5) is 11.6. The fourth-order valence-electron chi connectivity index (χ4n) is 1.66. The van der Waals surface area contributed by atoms with Crippen molar-refractivity contribution in [3.05, 3.63) is 34.3 Å². The van der Waals surface area contributed by atoms with Crippen LogP contribution in [0.1, 0.15) is 25.8 Å². The summed E-state index contributed by atoms with van der Waals surface area (Å²) in [5.74, 6) is 0.0902. The molecule has 0 radical (unpaired) electrons. The summed E-state index contributed by atoms with van der Waals surface area (Å²) in [5.41, 5.74) is 1.14. The molecule has 0 saturated heterocycles. The highest BCUT2D eigenvalue weighted by molar-refractivity contribution is 9.10. The maximum absolute atomic E-state index is 11.6. The number of carbonyl (C=O) groups excluding carboxylic acids is 1. The van der Waals surface area contributed by atoms with Crippen LogP contribution in [-0.2, 0) is 10.2 Å². The second-order valence-electron chi connectivity index (χ2n) is 5.02. The topological polar surface area (TPSA) is 41.1 Å². The van der Waals surface area contributed by atoms with E-state index in [1.54, 1.807) is 0 Å². The maximum Gasteiger partial charge on any atom is 0.221 e. The van der Waals surface area contributed by atoms with E-state index in [0.29, 0.717) is 19.5 Å². The summed E-state index contributed by atoms with van der Waals surface area (Å²) in [6, 6.07) is 8.21. The summed E-state index contributed by atoms with van der Waals surface area (Å²) in [5, 5.41) is 5.95. The molecular formula is C14H21BrN2O. The molecule has 0 fully saturated rings. The van der Waals surface area contributed by atoms with Crippen molar-refractivity contribution in [2.24, 2.45) is 0 Å². The molecule has 0 spiro atoms. The number of hydrogen-bond acceptors (Lipinski definition) is 2. The van der Waals surface area contributed by atoms with Crippen molar-refractivity contribution in [2.75, 3.05) is 20.1 Å². The van der Waals surface area contributed by atoms with Gasteiger partial charge >= 0.3 is 0 Å². The molecule has 1 aromatic carbocycles. The molecule has 0 aliphatic rings. The second kappa shape index (κ2) is 6.90. The Balaban J connectivity index is 2.57. The molecule has 0 heterocycles. The van der Waals surface area contributed by atoms with Crippen LogP contribution >= 0.6 is 15.9 Å². The van der Waals surface area contributed by atoms with Crippen LogP contribution < -0.4 is 10.6 Å². The number of halogens is 1. The monoisotopic (exact) mass is 312 g/mol. The Labute approximate surface area is 117 Å². The SMILES string of the molecule is CNCCC(=O)NCC(C)(C)c1cccc(Br)c1.